The molecule has 6 heteroatoms. The third kappa shape index (κ3) is 2.51. The topological polar surface area (TPSA) is 97.5 Å². The molecule has 14 heavy (non-hydrogen) atoms. The fourth-order valence-corrected chi connectivity index (χ4v) is 1.86. The Balaban J connectivity index is 2.61. The maximum atomic E-state index is 11.2. The molecule has 0 aromatic heterocycles. The number of hydrogen-bond acceptors (Lipinski definition) is 4. The molecule has 6 nitrogen and oxygen atoms in total. The van der Waals surface area contributed by atoms with Crippen LogP contribution in [0.4, 0.5) is 0 Å². The van der Waals surface area contributed by atoms with Gasteiger partial charge in [-0.1, -0.05) is 0 Å². The maximum absolute atomic E-state index is 11.2. The normalized spacial score (nSPS) is 26.4. The van der Waals surface area contributed by atoms with Gasteiger partial charge in [-0.3, -0.25) is 19.7 Å². The highest BCUT2D eigenvalue weighted by molar-refractivity contribution is 5.86. The summed E-state index contributed by atoms with van der Waals surface area (Å²) in [5.41, 5.74) is 0. The summed E-state index contributed by atoms with van der Waals surface area (Å²) in [6, 6.07) is 0. The lowest BCUT2D eigenvalue weighted by atomic mass is 9.92. The Morgan fingerprint density at radius 2 is 2.29 bits per heavy atom. The highest BCUT2D eigenvalue weighted by atomic mass is 16.6. The van der Waals surface area contributed by atoms with E-state index < -0.39 is 22.7 Å². The second kappa shape index (κ2) is 4.17. The summed E-state index contributed by atoms with van der Waals surface area (Å²) < 4.78 is 0. The Morgan fingerprint density at radius 3 is 2.79 bits per heavy atom. The van der Waals surface area contributed by atoms with E-state index in [0.717, 1.165) is 0 Å². The third-order valence-corrected chi connectivity index (χ3v) is 2.52. The van der Waals surface area contributed by atoms with Gasteiger partial charge in [-0.25, -0.2) is 0 Å². The van der Waals surface area contributed by atoms with Gasteiger partial charge in [-0.05, 0) is 6.42 Å². The van der Waals surface area contributed by atoms with Crippen LogP contribution < -0.4 is 0 Å². The molecule has 0 amide bonds. The van der Waals surface area contributed by atoms with E-state index in [-0.39, 0.29) is 25.2 Å². The molecule has 0 radical (unpaired) electrons. The molecule has 1 N–H and O–H groups in total. The fraction of sp³-hybridized carbons (Fsp3) is 0.750. The number of hydrogen-bond donors (Lipinski definition) is 1. The highest BCUT2D eigenvalue weighted by Crippen LogP contribution is 2.31. The van der Waals surface area contributed by atoms with Gasteiger partial charge in [0.05, 0.1) is 6.42 Å². The minimum absolute atomic E-state index is 0.153. The number of carbonyl (C=O) groups is 2. The summed E-state index contributed by atoms with van der Waals surface area (Å²) in [5.74, 6) is -2.27. The second-order valence-electron chi connectivity index (χ2n) is 3.48. The minimum atomic E-state index is -1.07. The minimum Gasteiger partial charge on any atom is -0.481 e. The summed E-state index contributed by atoms with van der Waals surface area (Å²) in [4.78, 5) is 31.4. The van der Waals surface area contributed by atoms with Gasteiger partial charge in [-0.15, -0.1) is 0 Å². The molecule has 1 fully saturated rings. The summed E-state index contributed by atoms with van der Waals surface area (Å²) in [5, 5.41) is 18.8. The fourth-order valence-electron chi connectivity index (χ4n) is 1.86. The van der Waals surface area contributed by atoms with Gasteiger partial charge in [0.2, 0.25) is 6.54 Å². The van der Waals surface area contributed by atoms with Crippen molar-refractivity contribution in [3.63, 3.8) is 0 Å². The standard InChI is InChI=1S/C8H11NO5/c10-7-2-1-5(4-9(13)14)6(7)3-8(11)12/h5-6H,1-4H2,(H,11,12)/t5-,6-/m1/s1. The smallest absolute Gasteiger partial charge is 0.304 e. The van der Waals surface area contributed by atoms with Gasteiger partial charge in [0.1, 0.15) is 5.78 Å². The number of nitro groups is 1. The van der Waals surface area contributed by atoms with Crippen molar-refractivity contribution in [2.24, 2.45) is 11.8 Å². The summed E-state index contributed by atoms with van der Waals surface area (Å²) in [6.45, 7) is -0.302. The number of nitrogens with zero attached hydrogens (tertiary/aromatic N) is 1. The Labute approximate surface area is 80.1 Å². The van der Waals surface area contributed by atoms with E-state index >= 15 is 0 Å². The van der Waals surface area contributed by atoms with Crippen LogP contribution >= 0.6 is 0 Å². The molecule has 1 aliphatic rings. The van der Waals surface area contributed by atoms with E-state index in [1.807, 2.05) is 0 Å². The second-order valence-corrected chi connectivity index (χ2v) is 3.48. The van der Waals surface area contributed by atoms with Crippen LogP contribution in [0.15, 0.2) is 0 Å². The zero-order chi connectivity index (χ0) is 10.7. The molecule has 0 unspecified atom stereocenters. The maximum Gasteiger partial charge on any atom is 0.304 e. The van der Waals surface area contributed by atoms with E-state index in [2.05, 4.69) is 0 Å². The average molecular weight is 201 g/mol. The Morgan fingerprint density at radius 1 is 1.64 bits per heavy atom. The monoisotopic (exact) mass is 201 g/mol. The van der Waals surface area contributed by atoms with E-state index in [4.69, 9.17) is 5.11 Å². The van der Waals surface area contributed by atoms with Gasteiger partial charge in [0.15, 0.2) is 0 Å². The first-order valence-electron chi connectivity index (χ1n) is 4.37. The summed E-state index contributed by atoms with van der Waals surface area (Å²) >= 11 is 0. The molecule has 0 heterocycles. The molecule has 0 spiro atoms. The van der Waals surface area contributed by atoms with Crippen LogP contribution in [-0.2, 0) is 9.59 Å². The average Bonchev–Trinajstić information content (AvgIpc) is 2.34. The first-order valence-corrected chi connectivity index (χ1v) is 4.37. The first kappa shape index (κ1) is 10.6. The molecular weight excluding hydrogens is 190 g/mol. The number of carboxylic acids is 1. The summed E-state index contributed by atoms with van der Waals surface area (Å²) in [6.07, 6.45) is 0.436. The Hall–Kier alpha value is -1.46. The van der Waals surface area contributed by atoms with Gasteiger partial charge < -0.3 is 5.11 Å². The number of ketones is 1. The molecule has 78 valence electrons. The highest BCUT2D eigenvalue weighted by Gasteiger charge is 2.38. The zero-order valence-electron chi connectivity index (χ0n) is 7.51. The Bertz CT molecular complexity index is 275. The molecule has 0 bridgehead atoms. The van der Waals surface area contributed by atoms with Gasteiger partial charge in [0.25, 0.3) is 0 Å². The zero-order valence-corrected chi connectivity index (χ0v) is 7.51. The number of Topliss-reactive ketones (excluding diaryl/α,β-unsaturated/α-hetero) is 1. The van der Waals surface area contributed by atoms with Crippen molar-refractivity contribution in [3.05, 3.63) is 10.1 Å². The predicted octanol–water partition coefficient (Wildman–Crippen LogP) is 0.333. The molecule has 1 rings (SSSR count). The van der Waals surface area contributed by atoms with Crippen LogP contribution in [0.3, 0.4) is 0 Å². The van der Waals surface area contributed by atoms with Crippen molar-refractivity contribution < 1.29 is 19.6 Å². The molecule has 0 aliphatic heterocycles. The lowest BCUT2D eigenvalue weighted by Gasteiger charge is -2.11. The van der Waals surface area contributed by atoms with Crippen LogP contribution in [0.2, 0.25) is 0 Å². The molecule has 0 aromatic carbocycles. The van der Waals surface area contributed by atoms with Crippen LogP contribution in [0.1, 0.15) is 19.3 Å². The predicted molar refractivity (Wildman–Crippen MR) is 45.3 cm³/mol. The molecule has 0 aromatic rings. The van der Waals surface area contributed by atoms with Gasteiger partial charge in [-0.2, -0.15) is 0 Å². The van der Waals surface area contributed by atoms with Crippen LogP contribution in [0.5, 0.6) is 0 Å². The van der Waals surface area contributed by atoms with E-state index in [1.165, 1.54) is 0 Å². The van der Waals surface area contributed by atoms with Crippen molar-refractivity contribution in [1.29, 1.82) is 0 Å². The van der Waals surface area contributed by atoms with Crippen molar-refractivity contribution in [2.75, 3.05) is 6.54 Å². The van der Waals surface area contributed by atoms with E-state index in [0.29, 0.717) is 6.42 Å². The van der Waals surface area contributed by atoms with Gasteiger partial charge >= 0.3 is 5.97 Å². The van der Waals surface area contributed by atoms with Crippen molar-refractivity contribution in [2.45, 2.75) is 19.3 Å². The molecule has 1 saturated carbocycles. The number of carbonyl (C=O) groups excluding carboxylic acids is 1. The lowest BCUT2D eigenvalue weighted by Crippen LogP contribution is -2.24. The largest absolute Gasteiger partial charge is 0.481 e. The quantitative estimate of drug-likeness (QED) is 0.522. The van der Waals surface area contributed by atoms with Crippen LogP contribution in [0.25, 0.3) is 0 Å². The van der Waals surface area contributed by atoms with Crippen molar-refractivity contribution in [3.8, 4) is 0 Å². The molecule has 0 saturated heterocycles. The molecule has 1 aliphatic carbocycles. The van der Waals surface area contributed by atoms with E-state index in [9.17, 15) is 19.7 Å². The molecular formula is C8H11NO5. The van der Waals surface area contributed by atoms with Crippen LogP contribution in [-0.4, -0.2) is 28.3 Å². The van der Waals surface area contributed by atoms with E-state index in [1.54, 1.807) is 0 Å². The number of rotatable bonds is 4. The SMILES string of the molecule is O=C(O)C[C@H]1C(=O)CC[C@@H]1C[N+](=O)[O-]. The van der Waals surface area contributed by atoms with Crippen molar-refractivity contribution >= 4 is 11.8 Å². The van der Waals surface area contributed by atoms with Crippen molar-refractivity contribution in [1.82, 2.24) is 0 Å². The Kier molecular flexibility index (Phi) is 3.16. The summed E-state index contributed by atoms with van der Waals surface area (Å²) in [7, 11) is 0. The third-order valence-electron chi connectivity index (χ3n) is 2.52. The van der Waals surface area contributed by atoms with Crippen LogP contribution in [0, 0.1) is 22.0 Å². The lowest BCUT2D eigenvalue weighted by molar-refractivity contribution is -0.489. The first-order chi connectivity index (χ1) is 6.50. The molecule has 2 atom stereocenters. The number of aliphatic carboxylic acids is 1. The number of carboxylic acid groups (broad SMARTS) is 1. The van der Waals surface area contributed by atoms with Gasteiger partial charge in [0, 0.05) is 23.2 Å².